The lowest BCUT2D eigenvalue weighted by Crippen LogP contribution is -2.26. The Morgan fingerprint density at radius 1 is 1.25 bits per heavy atom. The summed E-state index contributed by atoms with van der Waals surface area (Å²) in [6.45, 7) is -0.139. The molecule has 0 amide bonds. The molecule has 0 fully saturated rings. The highest BCUT2D eigenvalue weighted by Gasteiger charge is 2.19. The SMILES string of the molecule is O=S(=O)(NCCc1ccsc1)c1cc(CO)ccc1F. The molecule has 0 atom stereocenters. The molecule has 4 nitrogen and oxygen atoms in total. The van der Waals surface area contributed by atoms with Crippen LogP contribution in [0.15, 0.2) is 39.9 Å². The van der Waals surface area contributed by atoms with Crippen LogP contribution in [0.1, 0.15) is 11.1 Å². The Kier molecular flexibility index (Phi) is 4.87. The molecule has 2 aromatic rings. The summed E-state index contributed by atoms with van der Waals surface area (Å²) in [7, 11) is -3.91. The summed E-state index contributed by atoms with van der Waals surface area (Å²) in [6, 6.07) is 5.44. The average Bonchev–Trinajstić information content (AvgIpc) is 2.92. The van der Waals surface area contributed by atoms with Crippen molar-refractivity contribution in [1.82, 2.24) is 4.72 Å². The van der Waals surface area contributed by atoms with Gasteiger partial charge in [0.25, 0.3) is 0 Å². The maximum Gasteiger partial charge on any atom is 0.243 e. The van der Waals surface area contributed by atoms with Crippen LogP contribution in [0.25, 0.3) is 0 Å². The Balaban J connectivity index is 2.09. The average molecular weight is 315 g/mol. The smallest absolute Gasteiger partial charge is 0.243 e. The molecule has 0 radical (unpaired) electrons. The predicted octanol–water partition coefficient (Wildman–Crippen LogP) is 1.90. The van der Waals surface area contributed by atoms with Gasteiger partial charge in [-0.2, -0.15) is 11.3 Å². The molecule has 2 rings (SSSR count). The van der Waals surface area contributed by atoms with Gasteiger partial charge in [-0.25, -0.2) is 17.5 Å². The molecule has 0 saturated carbocycles. The number of rotatable bonds is 6. The summed E-state index contributed by atoms with van der Waals surface area (Å²) in [5.74, 6) is -0.828. The van der Waals surface area contributed by atoms with Crippen LogP contribution in [-0.2, 0) is 23.1 Å². The maximum absolute atomic E-state index is 13.6. The largest absolute Gasteiger partial charge is 0.392 e. The fraction of sp³-hybridized carbons (Fsp3) is 0.231. The third-order valence-corrected chi connectivity index (χ3v) is 4.96. The molecule has 0 bridgehead atoms. The first-order valence-electron chi connectivity index (χ1n) is 5.93. The van der Waals surface area contributed by atoms with Gasteiger partial charge < -0.3 is 5.11 Å². The van der Waals surface area contributed by atoms with Crippen LogP contribution >= 0.6 is 11.3 Å². The first kappa shape index (κ1) is 15.1. The van der Waals surface area contributed by atoms with Crippen LogP contribution in [0.2, 0.25) is 0 Å². The van der Waals surface area contributed by atoms with Crippen molar-refractivity contribution in [3.8, 4) is 0 Å². The number of thiophene rings is 1. The van der Waals surface area contributed by atoms with E-state index in [2.05, 4.69) is 4.72 Å². The van der Waals surface area contributed by atoms with Gasteiger partial charge in [-0.3, -0.25) is 0 Å². The Morgan fingerprint density at radius 3 is 2.70 bits per heavy atom. The zero-order valence-corrected chi connectivity index (χ0v) is 12.2. The highest BCUT2D eigenvalue weighted by atomic mass is 32.2. The number of hydrogen-bond acceptors (Lipinski definition) is 4. The van der Waals surface area contributed by atoms with Gasteiger partial charge in [0, 0.05) is 6.54 Å². The second kappa shape index (κ2) is 6.45. The summed E-state index contributed by atoms with van der Waals surface area (Å²) >= 11 is 1.54. The van der Waals surface area contributed by atoms with Crippen molar-refractivity contribution in [3.05, 3.63) is 52.0 Å². The topological polar surface area (TPSA) is 66.4 Å². The van der Waals surface area contributed by atoms with E-state index in [0.29, 0.717) is 12.0 Å². The molecule has 0 aliphatic heterocycles. The van der Waals surface area contributed by atoms with Gasteiger partial charge in [-0.1, -0.05) is 6.07 Å². The molecule has 0 aliphatic rings. The number of benzene rings is 1. The number of hydrogen-bond donors (Lipinski definition) is 2. The van der Waals surface area contributed by atoms with Gasteiger partial charge in [-0.05, 0) is 46.5 Å². The van der Waals surface area contributed by atoms with Gasteiger partial charge in [0.15, 0.2) is 0 Å². The van der Waals surface area contributed by atoms with E-state index in [1.165, 1.54) is 17.4 Å². The molecule has 0 spiro atoms. The van der Waals surface area contributed by atoms with Crippen LogP contribution in [0.3, 0.4) is 0 Å². The van der Waals surface area contributed by atoms with E-state index < -0.39 is 20.7 Å². The Hall–Kier alpha value is -1.28. The first-order valence-corrected chi connectivity index (χ1v) is 8.35. The van der Waals surface area contributed by atoms with Crippen molar-refractivity contribution in [2.75, 3.05) is 6.54 Å². The monoisotopic (exact) mass is 315 g/mol. The third kappa shape index (κ3) is 3.63. The molecule has 0 unspecified atom stereocenters. The Labute approximate surface area is 120 Å². The second-order valence-corrected chi connectivity index (χ2v) is 6.72. The summed E-state index contributed by atoms with van der Waals surface area (Å²) < 4.78 is 40.0. The van der Waals surface area contributed by atoms with Crippen molar-refractivity contribution >= 4 is 21.4 Å². The molecule has 7 heteroatoms. The van der Waals surface area contributed by atoms with Crippen LogP contribution in [0, 0.1) is 5.82 Å². The van der Waals surface area contributed by atoms with E-state index in [9.17, 15) is 12.8 Å². The molecular formula is C13H14FNO3S2. The van der Waals surface area contributed by atoms with Crippen molar-refractivity contribution in [2.24, 2.45) is 0 Å². The molecular weight excluding hydrogens is 301 g/mol. The van der Waals surface area contributed by atoms with E-state index in [1.807, 2.05) is 16.8 Å². The fourth-order valence-electron chi connectivity index (χ4n) is 1.69. The minimum absolute atomic E-state index is 0.196. The number of sulfonamides is 1. The standard InChI is InChI=1S/C13H14FNO3S2/c14-12-2-1-11(8-16)7-13(12)20(17,18)15-5-3-10-4-6-19-9-10/h1-2,4,6-7,9,15-16H,3,5,8H2. The summed E-state index contributed by atoms with van der Waals surface area (Å²) in [5, 5.41) is 12.8. The van der Waals surface area contributed by atoms with Gasteiger partial charge in [0.2, 0.25) is 10.0 Å². The van der Waals surface area contributed by atoms with E-state index in [-0.39, 0.29) is 13.2 Å². The fourth-order valence-corrected chi connectivity index (χ4v) is 3.56. The van der Waals surface area contributed by atoms with Crippen molar-refractivity contribution in [1.29, 1.82) is 0 Å². The number of nitrogens with one attached hydrogen (secondary N) is 1. The number of aliphatic hydroxyl groups excluding tert-OH is 1. The predicted molar refractivity (Wildman–Crippen MR) is 75.5 cm³/mol. The normalized spacial score (nSPS) is 11.7. The van der Waals surface area contributed by atoms with Gasteiger partial charge in [0.1, 0.15) is 10.7 Å². The molecule has 108 valence electrons. The molecule has 1 heterocycles. The minimum Gasteiger partial charge on any atom is -0.392 e. The van der Waals surface area contributed by atoms with Crippen molar-refractivity contribution in [2.45, 2.75) is 17.9 Å². The van der Waals surface area contributed by atoms with Crippen LogP contribution in [0.4, 0.5) is 4.39 Å². The highest BCUT2D eigenvalue weighted by Crippen LogP contribution is 2.16. The van der Waals surface area contributed by atoms with E-state index in [4.69, 9.17) is 5.11 Å². The number of aliphatic hydroxyl groups is 1. The quantitative estimate of drug-likeness (QED) is 0.855. The molecule has 0 aliphatic carbocycles. The van der Waals surface area contributed by atoms with Crippen molar-refractivity contribution in [3.63, 3.8) is 0 Å². The highest BCUT2D eigenvalue weighted by molar-refractivity contribution is 7.89. The zero-order chi connectivity index (χ0) is 14.6. The Bertz CT molecular complexity index is 669. The van der Waals surface area contributed by atoms with E-state index in [1.54, 1.807) is 0 Å². The molecule has 1 aromatic heterocycles. The molecule has 0 saturated heterocycles. The van der Waals surface area contributed by atoms with Crippen molar-refractivity contribution < 1.29 is 17.9 Å². The van der Waals surface area contributed by atoms with Crippen LogP contribution in [0.5, 0.6) is 0 Å². The Morgan fingerprint density at radius 2 is 2.05 bits per heavy atom. The van der Waals surface area contributed by atoms with E-state index >= 15 is 0 Å². The molecule has 1 aromatic carbocycles. The third-order valence-electron chi connectivity index (χ3n) is 2.75. The summed E-state index contributed by atoms with van der Waals surface area (Å²) in [4.78, 5) is -0.436. The summed E-state index contributed by atoms with van der Waals surface area (Å²) in [6.07, 6.45) is 0.546. The van der Waals surface area contributed by atoms with Gasteiger partial charge >= 0.3 is 0 Å². The molecule has 20 heavy (non-hydrogen) atoms. The molecule has 2 N–H and O–H groups in total. The van der Waals surface area contributed by atoms with E-state index in [0.717, 1.165) is 17.7 Å². The van der Waals surface area contributed by atoms with Gasteiger partial charge in [-0.15, -0.1) is 0 Å². The first-order chi connectivity index (χ1) is 9.53. The minimum atomic E-state index is -3.91. The lowest BCUT2D eigenvalue weighted by atomic mass is 10.2. The second-order valence-electron chi connectivity index (χ2n) is 4.20. The number of halogens is 1. The lowest BCUT2D eigenvalue weighted by molar-refractivity contribution is 0.281. The van der Waals surface area contributed by atoms with Crippen LogP contribution < -0.4 is 4.72 Å². The van der Waals surface area contributed by atoms with Gasteiger partial charge in [0.05, 0.1) is 6.61 Å². The zero-order valence-electron chi connectivity index (χ0n) is 10.5. The summed E-state index contributed by atoms with van der Waals surface area (Å²) in [5.41, 5.74) is 1.38. The lowest BCUT2D eigenvalue weighted by Gasteiger charge is -2.08. The van der Waals surface area contributed by atoms with Crippen LogP contribution in [-0.4, -0.2) is 20.1 Å². The maximum atomic E-state index is 13.6.